The first-order valence-corrected chi connectivity index (χ1v) is 6.55. The van der Waals surface area contributed by atoms with Crippen molar-refractivity contribution in [2.75, 3.05) is 11.2 Å². The minimum absolute atomic E-state index is 0.0362. The Labute approximate surface area is 126 Å². The second kappa shape index (κ2) is 5.57. The first-order chi connectivity index (χ1) is 10.6. The van der Waals surface area contributed by atoms with Gasteiger partial charge in [0.1, 0.15) is 0 Å². The molecule has 2 aromatic carbocycles. The molecular formula is C15H13N5O2. The number of imidazole rings is 1. The lowest BCUT2D eigenvalue weighted by atomic mass is 10.2. The first-order valence-electron chi connectivity index (χ1n) is 6.55. The summed E-state index contributed by atoms with van der Waals surface area (Å²) in [5.41, 5.74) is 11.3. The van der Waals surface area contributed by atoms with E-state index in [9.17, 15) is 10.1 Å². The van der Waals surface area contributed by atoms with Gasteiger partial charge < -0.3 is 5.73 Å². The third-order valence-electron chi connectivity index (χ3n) is 3.13. The van der Waals surface area contributed by atoms with Crippen molar-refractivity contribution in [3.05, 3.63) is 70.9 Å². The Morgan fingerprint density at radius 1 is 1.09 bits per heavy atom. The number of nitrogen functional groups attached to an aromatic ring is 1. The molecule has 22 heavy (non-hydrogen) atoms. The van der Waals surface area contributed by atoms with Crippen LogP contribution in [0.2, 0.25) is 0 Å². The van der Waals surface area contributed by atoms with Gasteiger partial charge in [-0.15, -0.1) is 0 Å². The highest BCUT2D eigenvalue weighted by molar-refractivity contribution is 5.61. The van der Waals surface area contributed by atoms with Gasteiger partial charge in [-0.05, 0) is 12.1 Å². The van der Waals surface area contributed by atoms with Crippen molar-refractivity contribution in [2.45, 2.75) is 0 Å². The molecule has 0 aliphatic rings. The summed E-state index contributed by atoms with van der Waals surface area (Å²) in [6, 6.07) is 15.7. The molecule has 3 aromatic rings. The zero-order valence-corrected chi connectivity index (χ0v) is 11.5. The largest absolute Gasteiger partial charge is 0.368 e. The minimum atomic E-state index is -0.442. The van der Waals surface area contributed by atoms with E-state index >= 15 is 0 Å². The van der Waals surface area contributed by atoms with E-state index in [4.69, 9.17) is 5.73 Å². The maximum Gasteiger partial charge on any atom is 0.269 e. The highest BCUT2D eigenvalue weighted by Gasteiger charge is 2.08. The van der Waals surface area contributed by atoms with Gasteiger partial charge in [0.05, 0.1) is 22.5 Å². The lowest BCUT2D eigenvalue weighted by Crippen LogP contribution is -2.11. The number of nitro benzene ring substituents is 1. The van der Waals surface area contributed by atoms with Gasteiger partial charge >= 0.3 is 0 Å². The van der Waals surface area contributed by atoms with Gasteiger partial charge in [-0.1, -0.05) is 30.3 Å². The number of nitrogens with zero attached hydrogens (tertiary/aromatic N) is 3. The monoisotopic (exact) mass is 295 g/mol. The molecule has 0 amide bonds. The highest BCUT2D eigenvalue weighted by atomic mass is 16.6. The topological polar surface area (TPSA) is 99.0 Å². The van der Waals surface area contributed by atoms with Crippen LogP contribution in [0, 0.1) is 10.1 Å². The molecule has 1 heterocycles. The zero-order valence-electron chi connectivity index (χ0n) is 11.5. The predicted molar refractivity (Wildman–Crippen MR) is 84.2 cm³/mol. The molecule has 0 aliphatic carbocycles. The maximum atomic E-state index is 10.6. The van der Waals surface area contributed by atoms with Crippen LogP contribution in [0.15, 0.2) is 60.8 Å². The number of nitro groups is 1. The molecular weight excluding hydrogens is 282 g/mol. The second-order valence-corrected chi connectivity index (χ2v) is 4.64. The Morgan fingerprint density at radius 3 is 2.41 bits per heavy atom. The molecule has 0 aliphatic heterocycles. The number of benzene rings is 2. The van der Waals surface area contributed by atoms with Crippen LogP contribution in [-0.4, -0.2) is 14.6 Å². The van der Waals surface area contributed by atoms with Crippen LogP contribution < -0.4 is 11.2 Å². The molecule has 3 N–H and O–H groups in total. The molecule has 0 spiro atoms. The van der Waals surface area contributed by atoms with Gasteiger partial charge in [-0.3, -0.25) is 15.5 Å². The highest BCUT2D eigenvalue weighted by Crippen LogP contribution is 2.21. The van der Waals surface area contributed by atoms with Gasteiger partial charge in [-0.2, -0.15) is 0 Å². The van der Waals surface area contributed by atoms with E-state index in [1.54, 1.807) is 23.0 Å². The number of anilines is 2. The fourth-order valence-corrected chi connectivity index (χ4v) is 2.03. The predicted octanol–water partition coefficient (Wildman–Crippen LogP) is 2.92. The second-order valence-electron chi connectivity index (χ2n) is 4.64. The molecule has 0 saturated heterocycles. The number of aromatic nitrogens is 2. The number of non-ortho nitro benzene ring substituents is 1. The van der Waals surface area contributed by atoms with Crippen LogP contribution in [0.5, 0.6) is 0 Å². The Morgan fingerprint density at radius 2 is 1.77 bits per heavy atom. The summed E-state index contributed by atoms with van der Waals surface area (Å²) < 4.78 is 1.57. The molecule has 0 fully saturated rings. The average molecular weight is 295 g/mol. The van der Waals surface area contributed by atoms with Crippen LogP contribution in [0.25, 0.3) is 11.3 Å². The summed E-state index contributed by atoms with van der Waals surface area (Å²) in [6.07, 6.45) is 1.77. The van der Waals surface area contributed by atoms with Crippen molar-refractivity contribution in [1.82, 2.24) is 9.66 Å². The van der Waals surface area contributed by atoms with Crippen LogP contribution in [-0.2, 0) is 0 Å². The van der Waals surface area contributed by atoms with E-state index in [1.165, 1.54) is 12.1 Å². The summed E-state index contributed by atoms with van der Waals surface area (Å²) >= 11 is 0. The molecule has 7 heteroatoms. The van der Waals surface area contributed by atoms with Crippen molar-refractivity contribution in [2.24, 2.45) is 0 Å². The van der Waals surface area contributed by atoms with Gasteiger partial charge in [-0.25, -0.2) is 9.66 Å². The number of rotatable bonds is 4. The van der Waals surface area contributed by atoms with Gasteiger partial charge in [0.25, 0.3) is 5.69 Å². The standard InChI is InChI=1S/C15H13N5O2/c16-15-17-14(11-4-2-1-3-5-11)10-19(15)18-12-6-8-13(9-7-12)20(21)22/h1-10,18H,(H2,16,17). The lowest BCUT2D eigenvalue weighted by Gasteiger charge is -2.07. The van der Waals surface area contributed by atoms with Crippen LogP contribution in [0.4, 0.5) is 17.3 Å². The van der Waals surface area contributed by atoms with E-state index < -0.39 is 4.92 Å². The van der Waals surface area contributed by atoms with E-state index in [2.05, 4.69) is 10.4 Å². The Balaban J connectivity index is 1.84. The summed E-state index contributed by atoms with van der Waals surface area (Å²) in [6.45, 7) is 0. The summed E-state index contributed by atoms with van der Waals surface area (Å²) in [7, 11) is 0. The fourth-order valence-electron chi connectivity index (χ4n) is 2.03. The van der Waals surface area contributed by atoms with Crippen molar-refractivity contribution in [3.63, 3.8) is 0 Å². The van der Waals surface area contributed by atoms with Crippen molar-refractivity contribution in [1.29, 1.82) is 0 Å². The van der Waals surface area contributed by atoms with Crippen molar-refractivity contribution >= 4 is 17.3 Å². The normalized spacial score (nSPS) is 10.4. The van der Waals surface area contributed by atoms with Crippen molar-refractivity contribution < 1.29 is 4.92 Å². The third kappa shape index (κ3) is 2.73. The van der Waals surface area contributed by atoms with E-state index in [0.717, 1.165) is 11.3 Å². The molecule has 0 atom stereocenters. The molecule has 0 radical (unpaired) electrons. The van der Waals surface area contributed by atoms with E-state index in [0.29, 0.717) is 11.6 Å². The van der Waals surface area contributed by atoms with Crippen LogP contribution >= 0.6 is 0 Å². The third-order valence-corrected chi connectivity index (χ3v) is 3.13. The molecule has 110 valence electrons. The van der Waals surface area contributed by atoms with E-state index in [1.807, 2.05) is 30.3 Å². The van der Waals surface area contributed by atoms with Gasteiger partial charge in [0, 0.05) is 17.7 Å². The van der Waals surface area contributed by atoms with Crippen molar-refractivity contribution in [3.8, 4) is 11.3 Å². The molecule has 3 rings (SSSR count). The Kier molecular flexibility index (Phi) is 3.45. The molecule has 0 saturated carbocycles. The van der Waals surface area contributed by atoms with Crippen LogP contribution in [0.1, 0.15) is 0 Å². The Hall–Kier alpha value is -3.35. The first kappa shape index (κ1) is 13.6. The minimum Gasteiger partial charge on any atom is -0.368 e. The molecule has 1 aromatic heterocycles. The van der Waals surface area contributed by atoms with Crippen LogP contribution in [0.3, 0.4) is 0 Å². The summed E-state index contributed by atoms with van der Waals surface area (Å²) in [5.74, 6) is 0.303. The quantitative estimate of drug-likeness (QED) is 0.569. The fraction of sp³-hybridized carbons (Fsp3) is 0. The average Bonchev–Trinajstić information content (AvgIpc) is 2.90. The number of nitrogens with two attached hydrogens (primary N) is 1. The maximum absolute atomic E-state index is 10.6. The summed E-state index contributed by atoms with van der Waals surface area (Å²) in [4.78, 5) is 14.5. The van der Waals surface area contributed by atoms with Gasteiger partial charge in [0.15, 0.2) is 0 Å². The molecule has 0 unspecified atom stereocenters. The smallest absolute Gasteiger partial charge is 0.269 e. The number of hydrogen-bond donors (Lipinski definition) is 2. The SMILES string of the molecule is Nc1nc(-c2ccccc2)cn1Nc1ccc([N+](=O)[O-])cc1. The Bertz CT molecular complexity index is 797. The number of nitrogens with one attached hydrogen (secondary N) is 1. The lowest BCUT2D eigenvalue weighted by molar-refractivity contribution is -0.384. The van der Waals surface area contributed by atoms with E-state index in [-0.39, 0.29) is 5.69 Å². The molecule has 7 nitrogen and oxygen atoms in total. The number of hydrogen-bond acceptors (Lipinski definition) is 5. The van der Waals surface area contributed by atoms with Gasteiger partial charge in [0.2, 0.25) is 5.95 Å². The molecule has 0 bridgehead atoms. The summed E-state index contributed by atoms with van der Waals surface area (Å²) in [5, 5.41) is 10.6. The zero-order chi connectivity index (χ0) is 15.5.